The third-order valence-corrected chi connectivity index (χ3v) is 5.33. The van der Waals surface area contributed by atoms with Gasteiger partial charge in [0.2, 0.25) is 0 Å². The highest BCUT2D eigenvalue weighted by Gasteiger charge is 2.26. The molecule has 3 heterocycles. The largest absolute Gasteiger partial charge is 0.378 e. The Morgan fingerprint density at radius 3 is 2.96 bits per heavy atom. The summed E-state index contributed by atoms with van der Waals surface area (Å²) in [7, 11) is 1.70. The number of nitrogens with one attached hydrogen (secondary N) is 1. The van der Waals surface area contributed by atoms with Gasteiger partial charge in [0.15, 0.2) is 0 Å². The van der Waals surface area contributed by atoms with Gasteiger partial charge in [-0.1, -0.05) is 20.8 Å². The molecule has 1 atom stereocenters. The normalized spacial score (nSPS) is 17.9. The van der Waals surface area contributed by atoms with Crippen LogP contribution in [-0.4, -0.2) is 28.2 Å². The lowest BCUT2D eigenvalue weighted by atomic mass is 9.93. The fraction of sp³-hybridized carbons (Fsp3) is 0.667. The van der Waals surface area contributed by atoms with Crippen molar-refractivity contribution < 1.29 is 4.74 Å². The monoisotopic (exact) mass is 348 g/mol. The second kappa shape index (κ2) is 7.33. The highest BCUT2D eigenvalue weighted by molar-refractivity contribution is 7.09. The third kappa shape index (κ3) is 4.05. The molecule has 1 aliphatic heterocycles. The highest BCUT2D eigenvalue weighted by Crippen LogP contribution is 2.30. The highest BCUT2D eigenvalue weighted by atomic mass is 32.1. The van der Waals surface area contributed by atoms with E-state index in [9.17, 15) is 0 Å². The van der Waals surface area contributed by atoms with Crippen molar-refractivity contribution in [2.75, 3.05) is 13.7 Å². The van der Waals surface area contributed by atoms with Gasteiger partial charge in [-0.25, -0.2) is 9.97 Å². The maximum absolute atomic E-state index is 5.13. The van der Waals surface area contributed by atoms with Crippen LogP contribution in [0.15, 0.2) is 11.6 Å². The van der Waals surface area contributed by atoms with E-state index in [1.54, 1.807) is 18.4 Å². The second-order valence-corrected chi connectivity index (χ2v) is 8.51. The summed E-state index contributed by atoms with van der Waals surface area (Å²) in [5, 5.41) is 6.72. The van der Waals surface area contributed by atoms with Gasteiger partial charge in [-0.2, -0.15) is 0 Å². The van der Waals surface area contributed by atoms with Crippen molar-refractivity contribution >= 4 is 11.3 Å². The molecule has 6 heteroatoms. The van der Waals surface area contributed by atoms with Crippen LogP contribution in [0.25, 0.3) is 0 Å². The predicted molar refractivity (Wildman–Crippen MR) is 97.4 cm³/mol. The Bertz CT molecular complexity index is 671. The smallest absolute Gasteiger partial charge is 0.119 e. The molecular formula is C18H28N4OS. The minimum Gasteiger partial charge on any atom is -0.378 e. The molecule has 132 valence electrons. The van der Waals surface area contributed by atoms with Crippen LogP contribution in [0, 0.1) is 0 Å². The maximum atomic E-state index is 5.13. The van der Waals surface area contributed by atoms with E-state index in [0.717, 1.165) is 30.3 Å². The van der Waals surface area contributed by atoms with Crippen LogP contribution in [0.5, 0.6) is 0 Å². The zero-order valence-corrected chi connectivity index (χ0v) is 15.9. The molecule has 0 amide bonds. The van der Waals surface area contributed by atoms with Crippen LogP contribution in [0.1, 0.15) is 61.8 Å². The first kappa shape index (κ1) is 17.6. The van der Waals surface area contributed by atoms with Crippen molar-refractivity contribution in [3.05, 3.63) is 33.8 Å². The summed E-state index contributed by atoms with van der Waals surface area (Å²) < 4.78 is 7.48. The van der Waals surface area contributed by atoms with Crippen LogP contribution in [0.4, 0.5) is 0 Å². The Morgan fingerprint density at radius 1 is 1.38 bits per heavy atom. The van der Waals surface area contributed by atoms with Gasteiger partial charge in [0.05, 0.1) is 18.0 Å². The van der Waals surface area contributed by atoms with Gasteiger partial charge in [0, 0.05) is 49.7 Å². The Balaban J connectivity index is 1.59. The van der Waals surface area contributed by atoms with Gasteiger partial charge in [-0.3, -0.25) is 0 Å². The number of aromatic nitrogens is 3. The quantitative estimate of drug-likeness (QED) is 0.869. The topological polar surface area (TPSA) is 52.0 Å². The van der Waals surface area contributed by atoms with Crippen molar-refractivity contribution in [3.63, 3.8) is 0 Å². The lowest BCUT2D eigenvalue weighted by Gasteiger charge is -2.23. The van der Waals surface area contributed by atoms with Crippen LogP contribution in [0.3, 0.4) is 0 Å². The second-order valence-electron chi connectivity index (χ2n) is 7.56. The summed E-state index contributed by atoms with van der Waals surface area (Å²) in [6.45, 7) is 10.2. The standard InChI is InChI=1S/C18H28N4OS/c1-18(2,3)15-10-22-7-5-6-13(17(22)21-15)8-19-9-14-12-24-16(20-14)11-23-4/h10,12-13,19H,5-9,11H2,1-4H3/t13-/m0/s1. The molecule has 0 unspecified atom stereocenters. The number of nitrogens with zero attached hydrogens (tertiary/aromatic N) is 3. The molecule has 0 radical (unpaired) electrons. The first-order valence-electron chi connectivity index (χ1n) is 8.68. The Labute approximate surface area is 148 Å². The molecule has 1 N–H and O–H groups in total. The molecule has 0 saturated carbocycles. The fourth-order valence-electron chi connectivity index (χ4n) is 3.12. The minimum absolute atomic E-state index is 0.112. The Hall–Kier alpha value is -1.24. The fourth-order valence-corrected chi connectivity index (χ4v) is 3.89. The number of hydrogen-bond acceptors (Lipinski definition) is 5. The number of imidazole rings is 1. The third-order valence-electron chi connectivity index (χ3n) is 4.46. The number of hydrogen-bond donors (Lipinski definition) is 1. The lowest BCUT2D eigenvalue weighted by molar-refractivity contribution is 0.184. The molecular weight excluding hydrogens is 320 g/mol. The molecule has 0 spiro atoms. The number of fused-ring (bicyclic) bond motifs is 1. The summed E-state index contributed by atoms with van der Waals surface area (Å²) in [4.78, 5) is 9.52. The number of thiazole rings is 1. The SMILES string of the molecule is COCc1nc(CNC[C@@H]2CCCn3cc(C(C)(C)C)nc32)cs1. The zero-order chi connectivity index (χ0) is 17.2. The predicted octanol–water partition coefficient (Wildman–Crippen LogP) is 3.45. The molecule has 0 aromatic carbocycles. The summed E-state index contributed by atoms with van der Waals surface area (Å²) in [5.41, 5.74) is 2.41. The van der Waals surface area contributed by atoms with Gasteiger partial charge in [-0.15, -0.1) is 11.3 Å². The van der Waals surface area contributed by atoms with Crippen LogP contribution < -0.4 is 5.32 Å². The van der Waals surface area contributed by atoms with E-state index in [0.29, 0.717) is 12.5 Å². The maximum Gasteiger partial charge on any atom is 0.119 e. The average Bonchev–Trinajstić information content (AvgIpc) is 3.14. The van der Waals surface area contributed by atoms with Crippen molar-refractivity contribution in [2.24, 2.45) is 0 Å². The average molecular weight is 349 g/mol. The lowest BCUT2D eigenvalue weighted by Crippen LogP contribution is -2.26. The van der Waals surface area contributed by atoms with Crippen LogP contribution in [-0.2, 0) is 29.8 Å². The van der Waals surface area contributed by atoms with E-state index in [4.69, 9.17) is 9.72 Å². The van der Waals surface area contributed by atoms with E-state index in [-0.39, 0.29) is 5.41 Å². The summed E-state index contributed by atoms with van der Waals surface area (Å²) in [6, 6.07) is 0. The van der Waals surface area contributed by atoms with E-state index in [2.05, 4.69) is 47.2 Å². The van der Waals surface area contributed by atoms with Crippen molar-refractivity contribution in [1.29, 1.82) is 0 Å². The Morgan fingerprint density at radius 2 is 2.21 bits per heavy atom. The molecule has 0 bridgehead atoms. The van der Waals surface area contributed by atoms with Crippen LogP contribution in [0.2, 0.25) is 0 Å². The van der Waals surface area contributed by atoms with Gasteiger partial charge in [0.25, 0.3) is 0 Å². The molecule has 2 aromatic heterocycles. The molecule has 5 nitrogen and oxygen atoms in total. The van der Waals surface area contributed by atoms with Crippen molar-refractivity contribution in [3.8, 4) is 0 Å². The number of aryl methyl sites for hydroxylation is 1. The zero-order valence-electron chi connectivity index (χ0n) is 15.1. The van der Waals surface area contributed by atoms with E-state index < -0.39 is 0 Å². The van der Waals surface area contributed by atoms with Gasteiger partial charge < -0.3 is 14.6 Å². The molecule has 1 aliphatic rings. The van der Waals surface area contributed by atoms with E-state index >= 15 is 0 Å². The van der Waals surface area contributed by atoms with Crippen LogP contribution >= 0.6 is 11.3 Å². The van der Waals surface area contributed by atoms with Crippen molar-refractivity contribution in [2.45, 2.75) is 64.6 Å². The van der Waals surface area contributed by atoms with E-state index in [1.165, 1.54) is 24.4 Å². The summed E-state index contributed by atoms with van der Waals surface area (Å²) in [5.74, 6) is 1.74. The molecule has 2 aromatic rings. The minimum atomic E-state index is 0.112. The van der Waals surface area contributed by atoms with Gasteiger partial charge in [0.1, 0.15) is 10.8 Å². The molecule has 0 aliphatic carbocycles. The number of methoxy groups -OCH3 is 1. The Kier molecular flexibility index (Phi) is 5.37. The molecule has 0 fully saturated rings. The van der Waals surface area contributed by atoms with E-state index in [1.807, 2.05) is 0 Å². The summed E-state index contributed by atoms with van der Waals surface area (Å²) in [6.07, 6.45) is 4.69. The van der Waals surface area contributed by atoms with Gasteiger partial charge in [-0.05, 0) is 12.8 Å². The van der Waals surface area contributed by atoms with Crippen molar-refractivity contribution in [1.82, 2.24) is 19.9 Å². The molecule has 0 saturated heterocycles. The molecule has 24 heavy (non-hydrogen) atoms. The number of rotatable bonds is 6. The first-order chi connectivity index (χ1) is 11.5. The molecule has 3 rings (SSSR count). The van der Waals surface area contributed by atoms with Gasteiger partial charge >= 0.3 is 0 Å². The summed E-state index contributed by atoms with van der Waals surface area (Å²) >= 11 is 1.66. The number of ether oxygens (including phenoxy) is 1. The first-order valence-corrected chi connectivity index (χ1v) is 9.56.